The molecule has 0 unspecified atom stereocenters. The van der Waals surface area contributed by atoms with E-state index in [-0.39, 0.29) is 0 Å². The highest BCUT2D eigenvalue weighted by Crippen LogP contribution is 2.15. The summed E-state index contributed by atoms with van der Waals surface area (Å²) in [6.45, 7) is 8.99. The Balaban J connectivity index is 0.000000238. The molecule has 2 aromatic carbocycles. The first kappa shape index (κ1) is 19.3. The Kier molecular flexibility index (Phi) is 9.12. The predicted molar refractivity (Wildman–Crippen MR) is 101 cm³/mol. The third kappa shape index (κ3) is 9.07. The lowest BCUT2D eigenvalue weighted by Gasteiger charge is -2.06. The van der Waals surface area contributed by atoms with Crippen molar-refractivity contribution in [3.63, 3.8) is 0 Å². The van der Waals surface area contributed by atoms with Crippen molar-refractivity contribution in [3.05, 3.63) is 65.7 Å². The van der Waals surface area contributed by atoms with Crippen LogP contribution in [0, 0.1) is 11.8 Å². The minimum absolute atomic E-state index is 0.766. The maximum absolute atomic E-state index is 5.16. The normalized spacial score (nSPS) is 10.4. The van der Waals surface area contributed by atoms with Gasteiger partial charge in [0.25, 0.3) is 0 Å². The molecule has 0 amide bonds. The third-order valence-corrected chi connectivity index (χ3v) is 3.63. The molecule has 0 radical (unpaired) electrons. The highest BCUT2D eigenvalue weighted by atomic mass is 16.5. The van der Waals surface area contributed by atoms with Crippen LogP contribution in [0.4, 0.5) is 0 Å². The zero-order valence-electron chi connectivity index (χ0n) is 15.4. The van der Waals surface area contributed by atoms with Crippen LogP contribution in [0.15, 0.2) is 54.6 Å². The molecule has 2 rings (SSSR count). The average molecular weight is 312 g/mol. The van der Waals surface area contributed by atoms with Gasteiger partial charge in [-0.05, 0) is 54.4 Å². The summed E-state index contributed by atoms with van der Waals surface area (Å²) < 4.78 is 5.16. The van der Waals surface area contributed by atoms with E-state index in [1.165, 1.54) is 24.0 Å². The van der Waals surface area contributed by atoms with Gasteiger partial charge in [0, 0.05) is 0 Å². The van der Waals surface area contributed by atoms with Crippen molar-refractivity contribution in [1.29, 1.82) is 0 Å². The van der Waals surface area contributed by atoms with Gasteiger partial charge in [-0.25, -0.2) is 0 Å². The summed E-state index contributed by atoms with van der Waals surface area (Å²) in [4.78, 5) is 0. The van der Waals surface area contributed by atoms with Crippen LogP contribution in [0.1, 0.15) is 45.2 Å². The van der Waals surface area contributed by atoms with Gasteiger partial charge in [0.1, 0.15) is 5.75 Å². The molecular weight excluding hydrogens is 280 g/mol. The highest BCUT2D eigenvalue weighted by Gasteiger charge is 1.98. The Morgan fingerprint density at radius 1 is 0.783 bits per heavy atom. The van der Waals surface area contributed by atoms with E-state index in [4.69, 9.17) is 4.74 Å². The number of benzene rings is 2. The highest BCUT2D eigenvalue weighted by molar-refractivity contribution is 5.28. The first-order valence-electron chi connectivity index (χ1n) is 8.68. The van der Waals surface area contributed by atoms with Crippen molar-refractivity contribution in [2.45, 2.75) is 47.0 Å². The van der Waals surface area contributed by atoms with Crippen molar-refractivity contribution in [3.8, 4) is 5.75 Å². The number of hydrogen-bond donors (Lipinski definition) is 0. The Bertz CT molecular complexity index is 529. The van der Waals surface area contributed by atoms with Gasteiger partial charge < -0.3 is 4.74 Å². The molecule has 0 aliphatic heterocycles. The molecule has 0 heterocycles. The van der Waals surface area contributed by atoms with E-state index in [0.29, 0.717) is 0 Å². The fourth-order valence-corrected chi connectivity index (χ4v) is 2.37. The Morgan fingerprint density at radius 3 is 2.00 bits per heavy atom. The standard InChI is InChI=1S/C12H18O.C10H14/c1-10(2)7-8-11-5-4-6-12(9-11)13-3;1-9(2)8-10-6-4-3-5-7-10/h4-6,9-10H,7-8H2,1-3H3;3-7,9H,8H2,1-2H3. The first-order valence-corrected chi connectivity index (χ1v) is 8.68. The second-order valence-electron chi connectivity index (χ2n) is 6.87. The lowest BCUT2D eigenvalue weighted by molar-refractivity contribution is 0.414. The molecule has 0 bridgehead atoms. The van der Waals surface area contributed by atoms with E-state index >= 15 is 0 Å². The summed E-state index contributed by atoms with van der Waals surface area (Å²) in [6, 6.07) is 18.9. The SMILES string of the molecule is CC(C)Cc1ccccc1.COc1cccc(CCC(C)C)c1. The van der Waals surface area contributed by atoms with Gasteiger partial charge in [-0.2, -0.15) is 0 Å². The monoisotopic (exact) mass is 312 g/mol. The number of hydrogen-bond acceptors (Lipinski definition) is 1. The lowest BCUT2D eigenvalue weighted by Crippen LogP contribution is -1.92. The van der Waals surface area contributed by atoms with Crippen LogP contribution < -0.4 is 4.74 Å². The van der Waals surface area contributed by atoms with Crippen molar-refractivity contribution < 1.29 is 4.74 Å². The summed E-state index contributed by atoms with van der Waals surface area (Å²) >= 11 is 0. The van der Waals surface area contributed by atoms with Crippen LogP contribution >= 0.6 is 0 Å². The minimum atomic E-state index is 0.766. The van der Waals surface area contributed by atoms with E-state index in [2.05, 4.69) is 76.2 Å². The Morgan fingerprint density at radius 2 is 1.43 bits per heavy atom. The molecule has 0 atom stereocenters. The van der Waals surface area contributed by atoms with Crippen LogP contribution in [0.3, 0.4) is 0 Å². The van der Waals surface area contributed by atoms with E-state index in [0.717, 1.165) is 24.0 Å². The maximum atomic E-state index is 5.16. The molecule has 0 fully saturated rings. The summed E-state index contributed by atoms with van der Waals surface area (Å²) in [5.41, 5.74) is 2.81. The molecule has 0 spiro atoms. The summed E-state index contributed by atoms with van der Waals surface area (Å²) in [5.74, 6) is 2.50. The molecular formula is C22H32O. The van der Waals surface area contributed by atoms with E-state index in [1.54, 1.807) is 7.11 Å². The van der Waals surface area contributed by atoms with Gasteiger partial charge in [0.05, 0.1) is 7.11 Å². The third-order valence-electron chi connectivity index (χ3n) is 3.63. The quantitative estimate of drug-likeness (QED) is 0.620. The molecule has 0 saturated heterocycles. The summed E-state index contributed by atoms with van der Waals surface area (Å²) in [5, 5.41) is 0. The molecule has 2 aromatic rings. The van der Waals surface area contributed by atoms with E-state index in [9.17, 15) is 0 Å². The molecule has 0 aliphatic rings. The zero-order valence-corrected chi connectivity index (χ0v) is 15.4. The van der Waals surface area contributed by atoms with Crippen LogP contribution in [-0.2, 0) is 12.8 Å². The van der Waals surface area contributed by atoms with Crippen molar-refractivity contribution in [2.75, 3.05) is 7.11 Å². The molecule has 0 saturated carbocycles. The summed E-state index contributed by atoms with van der Waals surface area (Å²) in [6.07, 6.45) is 3.59. The maximum Gasteiger partial charge on any atom is 0.119 e. The van der Waals surface area contributed by atoms with Crippen LogP contribution in [0.5, 0.6) is 5.75 Å². The molecule has 0 aromatic heterocycles. The number of ether oxygens (including phenoxy) is 1. The fourth-order valence-electron chi connectivity index (χ4n) is 2.37. The number of methoxy groups -OCH3 is 1. The van der Waals surface area contributed by atoms with Gasteiger partial charge in [-0.3, -0.25) is 0 Å². The van der Waals surface area contributed by atoms with Crippen molar-refractivity contribution >= 4 is 0 Å². The van der Waals surface area contributed by atoms with Crippen LogP contribution in [-0.4, -0.2) is 7.11 Å². The minimum Gasteiger partial charge on any atom is -0.497 e. The average Bonchev–Trinajstić information content (AvgIpc) is 2.54. The predicted octanol–water partition coefficient (Wildman–Crippen LogP) is 6.17. The topological polar surface area (TPSA) is 9.23 Å². The smallest absolute Gasteiger partial charge is 0.119 e. The molecule has 0 aliphatic carbocycles. The zero-order chi connectivity index (χ0) is 17.1. The first-order chi connectivity index (χ1) is 11.0. The second kappa shape index (κ2) is 10.9. The second-order valence-corrected chi connectivity index (χ2v) is 6.87. The number of aryl methyl sites for hydroxylation is 1. The molecule has 23 heavy (non-hydrogen) atoms. The van der Waals surface area contributed by atoms with Crippen LogP contribution in [0.2, 0.25) is 0 Å². The van der Waals surface area contributed by atoms with Gasteiger partial charge >= 0.3 is 0 Å². The summed E-state index contributed by atoms with van der Waals surface area (Å²) in [7, 11) is 1.71. The van der Waals surface area contributed by atoms with Crippen molar-refractivity contribution in [2.24, 2.45) is 11.8 Å². The molecule has 1 heteroatoms. The molecule has 126 valence electrons. The largest absolute Gasteiger partial charge is 0.497 e. The Labute approximate surface area is 142 Å². The molecule has 1 nitrogen and oxygen atoms in total. The fraction of sp³-hybridized carbons (Fsp3) is 0.455. The van der Waals surface area contributed by atoms with E-state index in [1.807, 2.05) is 6.07 Å². The van der Waals surface area contributed by atoms with E-state index < -0.39 is 0 Å². The van der Waals surface area contributed by atoms with Crippen LogP contribution in [0.25, 0.3) is 0 Å². The van der Waals surface area contributed by atoms with Crippen molar-refractivity contribution in [1.82, 2.24) is 0 Å². The van der Waals surface area contributed by atoms with Gasteiger partial charge in [-0.15, -0.1) is 0 Å². The Hall–Kier alpha value is -1.76. The number of rotatable bonds is 6. The van der Waals surface area contributed by atoms with Gasteiger partial charge in [-0.1, -0.05) is 70.2 Å². The van der Waals surface area contributed by atoms with Gasteiger partial charge in [0.2, 0.25) is 0 Å². The lowest BCUT2D eigenvalue weighted by atomic mass is 10.0. The molecule has 0 N–H and O–H groups in total. The van der Waals surface area contributed by atoms with Gasteiger partial charge in [0.15, 0.2) is 0 Å².